The summed E-state index contributed by atoms with van der Waals surface area (Å²) in [6.45, 7) is 3.83. The molecule has 4 nitrogen and oxygen atoms in total. The molecule has 1 N–H and O–H groups in total. The minimum absolute atomic E-state index is 0.128. The van der Waals surface area contributed by atoms with E-state index in [-0.39, 0.29) is 5.91 Å². The molecule has 0 saturated carbocycles. The Hall–Kier alpha value is -1.55. The molecule has 0 aromatic heterocycles. The number of nitrogens with one attached hydrogen (secondary N) is 1. The molecule has 0 aliphatic rings. The fraction of sp³-hybridized carbons (Fsp3) is 0.500. The molecule has 0 aliphatic carbocycles. The SMILES string of the molecule is CCC[C@](C)(OC)C(=O)Nc1ccc(OC)cc1. The van der Waals surface area contributed by atoms with E-state index in [4.69, 9.17) is 9.47 Å². The van der Waals surface area contributed by atoms with E-state index in [2.05, 4.69) is 5.32 Å². The summed E-state index contributed by atoms with van der Waals surface area (Å²) in [5, 5.41) is 2.85. The van der Waals surface area contributed by atoms with E-state index in [0.717, 1.165) is 17.9 Å². The van der Waals surface area contributed by atoms with Crippen LogP contribution in [0.4, 0.5) is 5.69 Å². The van der Waals surface area contributed by atoms with Crippen molar-refractivity contribution in [1.29, 1.82) is 0 Å². The normalized spacial score (nSPS) is 13.8. The lowest BCUT2D eigenvalue weighted by Crippen LogP contribution is -2.41. The highest BCUT2D eigenvalue weighted by Gasteiger charge is 2.31. The summed E-state index contributed by atoms with van der Waals surface area (Å²) in [7, 11) is 3.17. The lowest BCUT2D eigenvalue weighted by molar-refractivity contribution is -0.136. The van der Waals surface area contributed by atoms with Gasteiger partial charge in [-0.3, -0.25) is 4.79 Å². The number of hydrogen-bond acceptors (Lipinski definition) is 3. The number of hydrogen-bond donors (Lipinski definition) is 1. The smallest absolute Gasteiger partial charge is 0.256 e. The van der Waals surface area contributed by atoms with Crippen LogP contribution in [0.2, 0.25) is 0 Å². The molecule has 0 bridgehead atoms. The topological polar surface area (TPSA) is 47.6 Å². The van der Waals surface area contributed by atoms with Gasteiger partial charge in [0.25, 0.3) is 5.91 Å². The van der Waals surface area contributed by atoms with E-state index in [0.29, 0.717) is 6.42 Å². The highest BCUT2D eigenvalue weighted by Crippen LogP contribution is 2.21. The van der Waals surface area contributed by atoms with E-state index in [1.165, 1.54) is 0 Å². The van der Waals surface area contributed by atoms with Crippen LogP contribution in [0.5, 0.6) is 5.75 Å². The summed E-state index contributed by atoms with van der Waals surface area (Å²) in [5.41, 5.74) is -0.0468. The van der Waals surface area contributed by atoms with E-state index in [9.17, 15) is 4.79 Å². The van der Waals surface area contributed by atoms with Crippen LogP contribution in [0, 0.1) is 0 Å². The molecule has 0 unspecified atom stereocenters. The summed E-state index contributed by atoms with van der Waals surface area (Å²) in [6.07, 6.45) is 1.58. The van der Waals surface area contributed by atoms with Gasteiger partial charge in [0.1, 0.15) is 11.4 Å². The number of amides is 1. The van der Waals surface area contributed by atoms with Gasteiger partial charge < -0.3 is 14.8 Å². The standard InChI is InChI=1S/C14H21NO3/c1-5-10-14(2,18-4)13(16)15-11-6-8-12(17-3)9-7-11/h6-9H,5,10H2,1-4H3,(H,15,16)/t14-/m0/s1. The third-order valence-corrected chi connectivity index (χ3v) is 3.01. The second-order valence-electron chi connectivity index (χ2n) is 4.37. The Morgan fingerprint density at radius 1 is 1.28 bits per heavy atom. The molecule has 18 heavy (non-hydrogen) atoms. The maximum atomic E-state index is 12.1. The van der Waals surface area contributed by atoms with Crippen molar-refractivity contribution in [2.45, 2.75) is 32.3 Å². The van der Waals surface area contributed by atoms with Crippen molar-refractivity contribution in [1.82, 2.24) is 0 Å². The summed E-state index contributed by atoms with van der Waals surface area (Å²) in [6, 6.07) is 7.22. The summed E-state index contributed by atoms with van der Waals surface area (Å²) < 4.78 is 10.4. The van der Waals surface area contributed by atoms with Gasteiger partial charge in [-0.2, -0.15) is 0 Å². The van der Waals surface area contributed by atoms with Crippen molar-refractivity contribution >= 4 is 11.6 Å². The Labute approximate surface area is 108 Å². The van der Waals surface area contributed by atoms with Crippen molar-refractivity contribution in [2.24, 2.45) is 0 Å². The zero-order valence-electron chi connectivity index (χ0n) is 11.4. The predicted molar refractivity (Wildman–Crippen MR) is 71.9 cm³/mol. The number of rotatable bonds is 6. The van der Waals surface area contributed by atoms with Crippen molar-refractivity contribution in [3.8, 4) is 5.75 Å². The lowest BCUT2D eigenvalue weighted by Gasteiger charge is -2.26. The van der Waals surface area contributed by atoms with E-state index < -0.39 is 5.60 Å². The minimum Gasteiger partial charge on any atom is -0.497 e. The molecule has 4 heteroatoms. The highest BCUT2D eigenvalue weighted by molar-refractivity contribution is 5.97. The van der Waals surface area contributed by atoms with Gasteiger partial charge >= 0.3 is 0 Å². The molecule has 1 aromatic rings. The minimum atomic E-state index is -0.783. The van der Waals surface area contributed by atoms with E-state index in [1.54, 1.807) is 45.4 Å². The van der Waals surface area contributed by atoms with Crippen molar-refractivity contribution in [3.05, 3.63) is 24.3 Å². The van der Waals surface area contributed by atoms with Crippen LogP contribution in [0.3, 0.4) is 0 Å². The maximum absolute atomic E-state index is 12.1. The zero-order valence-corrected chi connectivity index (χ0v) is 11.4. The van der Waals surface area contributed by atoms with Crippen molar-refractivity contribution in [3.63, 3.8) is 0 Å². The monoisotopic (exact) mass is 251 g/mol. The quantitative estimate of drug-likeness (QED) is 0.845. The van der Waals surface area contributed by atoms with Gasteiger partial charge in [-0.05, 0) is 37.6 Å². The van der Waals surface area contributed by atoms with E-state index >= 15 is 0 Å². The van der Waals surface area contributed by atoms with Gasteiger partial charge in [0, 0.05) is 12.8 Å². The second kappa shape index (κ2) is 6.40. The molecule has 1 atom stereocenters. The molecule has 0 aliphatic heterocycles. The average Bonchev–Trinajstić information content (AvgIpc) is 2.39. The average molecular weight is 251 g/mol. The molecule has 1 aromatic carbocycles. The molecule has 100 valence electrons. The highest BCUT2D eigenvalue weighted by atomic mass is 16.5. The van der Waals surface area contributed by atoms with Gasteiger partial charge in [0.05, 0.1) is 7.11 Å². The zero-order chi connectivity index (χ0) is 13.6. The molecule has 0 radical (unpaired) electrons. The van der Waals surface area contributed by atoms with Crippen LogP contribution in [0.15, 0.2) is 24.3 Å². The predicted octanol–water partition coefficient (Wildman–Crippen LogP) is 2.84. The van der Waals surface area contributed by atoms with Gasteiger partial charge in [0.2, 0.25) is 0 Å². The molecular formula is C14H21NO3. The summed E-state index contributed by atoms with van der Waals surface area (Å²) >= 11 is 0. The largest absolute Gasteiger partial charge is 0.497 e. The second-order valence-corrected chi connectivity index (χ2v) is 4.37. The van der Waals surface area contributed by atoms with Gasteiger partial charge in [-0.25, -0.2) is 0 Å². The fourth-order valence-electron chi connectivity index (χ4n) is 1.72. The third kappa shape index (κ3) is 3.47. The third-order valence-electron chi connectivity index (χ3n) is 3.01. The lowest BCUT2D eigenvalue weighted by atomic mass is 9.99. The molecule has 1 rings (SSSR count). The number of anilines is 1. The number of ether oxygens (including phenoxy) is 2. The summed E-state index contributed by atoms with van der Waals surface area (Å²) in [5.74, 6) is 0.632. The van der Waals surface area contributed by atoms with Crippen LogP contribution in [0.25, 0.3) is 0 Å². The Morgan fingerprint density at radius 2 is 1.89 bits per heavy atom. The first kappa shape index (κ1) is 14.5. The first-order chi connectivity index (χ1) is 8.55. The number of benzene rings is 1. The maximum Gasteiger partial charge on any atom is 0.256 e. The van der Waals surface area contributed by atoms with Crippen LogP contribution in [0.1, 0.15) is 26.7 Å². The molecule has 1 amide bonds. The van der Waals surface area contributed by atoms with Crippen LogP contribution in [-0.4, -0.2) is 25.7 Å². The first-order valence-electron chi connectivity index (χ1n) is 6.06. The molecule has 0 fully saturated rings. The Morgan fingerprint density at radius 3 is 2.33 bits per heavy atom. The molecule has 0 heterocycles. The number of methoxy groups -OCH3 is 2. The first-order valence-corrected chi connectivity index (χ1v) is 6.06. The Bertz CT molecular complexity index is 389. The van der Waals surface area contributed by atoms with Gasteiger partial charge in [0.15, 0.2) is 0 Å². The van der Waals surface area contributed by atoms with E-state index in [1.807, 2.05) is 6.92 Å². The van der Waals surface area contributed by atoms with Crippen molar-refractivity contribution < 1.29 is 14.3 Å². The van der Waals surface area contributed by atoms with Crippen LogP contribution >= 0.6 is 0 Å². The van der Waals surface area contributed by atoms with Crippen molar-refractivity contribution in [2.75, 3.05) is 19.5 Å². The fourth-order valence-corrected chi connectivity index (χ4v) is 1.72. The molecule has 0 saturated heterocycles. The van der Waals surface area contributed by atoms with Gasteiger partial charge in [-0.15, -0.1) is 0 Å². The number of carbonyl (C=O) groups excluding carboxylic acids is 1. The van der Waals surface area contributed by atoms with Crippen LogP contribution in [-0.2, 0) is 9.53 Å². The summed E-state index contributed by atoms with van der Waals surface area (Å²) in [4.78, 5) is 12.1. The Balaban J connectivity index is 2.73. The molecular weight excluding hydrogens is 230 g/mol. The van der Waals surface area contributed by atoms with Gasteiger partial charge in [-0.1, -0.05) is 13.3 Å². The van der Waals surface area contributed by atoms with Crippen LogP contribution < -0.4 is 10.1 Å². The molecule has 0 spiro atoms. The Kier molecular flexibility index (Phi) is 5.16. The number of carbonyl (C=O) groups is 1.